The molecule has 2 rings (SSSR count). The summed E-state index contributed by atoms with van der Waals surface area (Å²) in [6.07, 6.45) is 3.07. The highest BCUT2D eigenvalue weighted by Crippen LogP contribution is 2.15. The SMILES string of the molecule is NCCCCc1nc2ccc(N)cc2[nH]1. The van der Waals surface area contributed by atoms with E-state index in [0.717, 1.165) is 48.4 Å². The molecule has 0 spiro atoms. The van der Waals surface area contributed by atoms with E-state index >= 15 is 0 Å². The number of nitrogens with one attached hydrogen (secondary N) is 1. The van der Waals surface area contributed by atoms with Gasteiger partial charge in [0.2, 0.25) is 0 Å². The Bertz CT molecular complexity index is 447. The molecule has 0 aliphatic rings. The van der Waals surface area contributed by atoms with Gasteiger partial charge in [-0.3, -0.25) is 0 Å². The second kappa shape index (κ2) is 4.31. The van der Waals surface area contributed by atoms with Gasteiger partial charge in [-0.1, -0.05) is 0 Å². The van der Waals surface area contributed by atoms with E-state index in [1.807, 2.05) is 18.2 Å². The molecule has 0 bridgehead atoms. The summed E-state index contributed by atoms with van der Waals surface area (Å²) in [6.45, 7) is 0.743. The fourth-order valence-corrected chi connectivity index (χ4v) is 1.64. The van der Waals surface area contributed by atoms with Gasteiger partial charge >= 0.3 is 0 Å². The molecule has 0 unspecified atom stereocenters. The number of H-pyrrole nitrogens is 1. The van der Waals surface area contributed by atoms with Crippen LogP contribution in [0.5, 0.6) is 0 Å². The van der Waals surface area contributed by atoms with Crippen LogP contribution in [-0.2, 0) is 6.42 Å². The van der Waals surface area contributed by atoms with Crippen LogP contribution in [0.25, 0.3) is 11.0 Å². The van der Waals surface area contributed by atoms with E-state index in [9.17, 15) is 0 Å². The molecule has 4 nitrogen and oxygen atoms in total. The molecule has 0 saturated carbocycles. The third-order valence-electron chi connectivity index (χ3n) is 2.42. The number of aryl methyl sites for hydroxylation is 1. The lowest BCUT2D eigenvalue weighted by molar-refractivity contribution is 0.724. The van der Waals surface area contributed by atoms with Crippen molar-refractivity contribution in [3.05, 3.63) is 24.0 Å². The predicted octanol–water partition coefficient (Wildman–Crippen LogP) is 1.43. The number of aromatic amines is 1. The summed E-state index contributed by atoms with van der Waals surface area (Å²) in [7, 11) is 0. The molecule has 0 amide bonds. The van der Waals surface area contributed by atoms with Gasteiger partial charge in [-0.2, -0.15) is 0 Å². The van der Waals surface area contributed by atoms with E-state index in [1.54, 1.807) is 0 Å². The zero-order valence-electron chi connectivity index (χ0n) is 8.66. The van der Waals surface area contributed by atoms with Crippen LogP contribution in [0, 0.1) is 0 Å². The monoisotopic (exact) mass is 204 g/mol. The summed E-state index contributed by atoms with van der Waals surface area (Å²) in [5.74, 6) is 1.02. The number of rotatable bonds is 4. The topological polar surface area (TPSA) is 80.7 Å². The zero-order valence-corrected chi connectivity index (χ0v) is 8.66. The lowest BCUT2D eigenvalue weighted by atomic mass is 10.2. The molecule has 0 saturated heterocycles. The van der Waals surface area contributed by atoms with E-state index in [-0.39, 0.29) is 0 Å². The van der Waals surface area contributed by atoms with Crippen molar-refractivity contribution in [3.8, 4) is 0 Å². The van der Waals surface area contributed by atoms with Crippen LogP contribution in [0.1, 0.15) is 18.7 Å². The summed E-state index contributed by atoms with van der Waals surface area (Å²) in [5, 5.41) is 0. The Morgan fingerprint density at radius 3 is 2.93 bits per heavy atom. The number of aromatic nitrogens is 2. The molecule has 0 fully saturated rings. The number of imidazole rings is 1. The fraction of sp³-hybridized carbons (Fsp3) is 0.364. The third kappa shape index (κ3) is 2.27. The molecule has 15 heavy (non-hydrogen) atoms. The van der Waals surface area contributed by atoms with Crippen molar-refractivity contribution in [2.24, 2.45) is 5.73 Å². The van der Waals surface area contributed by atoms with Gasteiger partial charge in [-0.15, -0.1) is 0 Å². The van der Waals surface area contributed by atoms with E-state index in [4.69, 9.17) is 11.5 Å². The molecule has 1 heterocycles. The van der Waals surface area contributed by atoms with Crippen LogP contribution in [-0.4, -0.2) is 16.5 Å². The van der Waals surface area contributed by atoms with E-state index in [1.165, 1.54) is 0 Å². The van der Waals surface area contributed by atoms with Crippen molar-refractivity contribution in [2.75, 3.05) is 12.3 Å². The minimum atomic E-state index is 0.743. The van der Waals surface area contributed by atoms with Gasteiger partial charge in [0.15, 0.2) is 0 Å². The quantitative estimate of drug-likeness (QED) is 0.520. The zero-order chi connectivity index (χ0) is 10.7. The maximum Gasteiger partial charge on any atom is 0.107 e. The number of fused-ring (bicyclic) bond motifs is 1. The Morgan fingerprint density at radius 2 is 2.13 bits per heavy atom. The number of hydrogen-bond acceptors (Lipinski definition) is 3. The normalized spacial score (nSPS) is 11.0. The fourth-order valence-electron chi connectivity index (χ4n) is 1.64. The molecule has 2 aromatic rings. The number of nitrogens with two attached hydrogens (primary N) is 2. The predicted molar refractivity (Wildman–Crippen MR) is 62.5 cm³/mol. The summed E-state index contributed by atoms with van der Waals surface area (Å²) in [4.78, 5) is 7.74. The Kier molecular flexibility index (Phi) is 2.87. The Balaban J connectivity index is 2.16. The van der Waals surface area contributed by atoms with Crippen molar-refractivity contribution in [1.29, 1.82) is 0 Å². The van der Waals surface area contributed by atoms with E-state index in [2.05, 4.69) is 9.97 Å². The molecule has 0 atom stereocenters. The number of nitrogen functional groups attached to an aromatic ring is 1. The molecule has 0 radical (unpaired) electrons. The van der Waals surface area contributed by atoms with Gasteiger partial charge in [0.1, 0.15) is 5.82 Å². The summed E-state index contributed by atoms with van der Waals surface area (Å²) in [5.41, 5.74) is 13.9. The number of anilines is 1. The van der Waals surface area contributed by atoms with E-state index in [0.29, 0.717) is 0 Å². The largest absolute Gasteiger partial charge is 0.399 e. The average molecular weight is 204 g/mol. The van der Waals surface area contributed by atoms with Gasteiger partial charge < -0.3 is 16.5 Å². The average Bonchev–Trinajstić information content (AvgIpc) is 2.60. The maximum absolute atomic E-state index is 5.69. The van der Waals surface area contributed by atoms with Crippen molar-refractivity contribution in [3.63, 3.8) is 0 Å². The van der Waals surface area contributed by atoms with Gasteiger partial charge in [0, 0.05) is 12.1 Å². The standard InChI is InChI=1S/C11H16N4/c12-6-2-1-3-11-14-9-5-4-8(13)7-10(9)15-11/h4-5,7H,1-3,6,12-13H2,(H,14,15). The first-order valence-corrected chi connectivity index (χ1v) is 5.24. The van der Waals surface area contributed by atoms with Crippen LogP contribution in [0.3, 0.4) is 0 Å². The summed E-state index contributed by atoms with van der Waals surface area (Å²) in [6, 6.07) is 5.72. The van der Waals surface area contributed by atoms with Crippen molar-refractivity contribution >= 4 is 16.7 Å². The minimum absolute atomic E-state index is 0.743. The Labute approximate surface area is 88.7 Å². The molecule has 1 aromatic heterocycles. The number of nitrogens with zero attached hydrogens (tertiary/aromatic N) is 1. The van der Waals surface area contributed by atoms with Gasteiger partial charge in [-0.05, 0) is 37.6 Å². The molecule has 80 valence electrons. The van der Waals surface area contributed by atoms with Crippen LogP contribution in [0.2, 0.25) is 0 Å². The van der Waals surface area contributed by atoms with Gasteiger partial charge in [-0.25, -0.2) is 4.98 Å². The first kappa shape index (κ1) is 9.98. The maximum atomic E-state index is 5.69. The highest BCUT2D eigenvalue weighted by Gasteiger charge is 2.02. The first-order chi connectivity index (χ1) is 7.29. The smallest absolute Gasteiger partial charge is 0.107 e. The van der Waals surface area contributed by atoms with Gasteiger partial charge in [0.25, 0.3) is 0 Å². The van der Waals surface area contributed by atoms with Crippen molar-refractivity contribution < 1.29 is 0 Å². The highest BCUT2D eigenvalue weighted by molar-refractivity contribution is 5.78. The number of hydrogen-bond donors (Lipinski definition) is 3. The van der Waals surface area contributed by atoms with Crippen LogP contribution < -0.4 is 11.5 Å². The van der Waals surface area contributed by atoms with Crippen LogP contribution in [0.15, 0.2) is 18.2 Å². The van der Waals surface area contributed by atoms with Crippen LogP contribution in [0.4, 0.5) is 5.69 Å². The van der Waals surface area contributed by atoms with E-state index < -0.39 is 0 Å². The molecule has 4 heteroatoms. The lowest BCUT2D eigenvalue weighted by Gasteiger charge is -1.93. The first-order valence-electron chi connectivity index (χ1n) is 5.24. The summed E-state index contributed by atoms with van der Waals surface area (Å²) >= 11 is 0. The Hall–Kier alpha value is -1.55. The number of benzene rings is 1. The lowest BCUT2D eigenvalue weighted by Crippen LogP contribution is -1.99. The summed E-state index contributed by atoms with van der Waals surface area (Å²) < 4.78 is 0. The molecule has 0 aliphatic carbocycles. The number of unbranched alkanes of at least 4 members (excludes halogenated alkanes) is 1. The van der Waals surface area contributed by atoms with Crippen LogP contribution >= 0.6 is 0 Å². The molecule has 1 aromatic carbocycles. The van der Waals surface area contributed by atoms with Gasteiger partial charge in [0.05, 0.1) is 11.0 Å². The highest BCUT2D eigenvalue weighted by atomic mass is 14.9. The molecular formula is C11H16N4. The molecule has 0 aliphatic heterocycles. The molecule has 5 N–H and O–H groups in total. The van der Waals surface area contributed by atoms with Crippen molar-refractivity contribution in [2.45, 2.75) is 19.3 Å². The second-order valence-electron chi connectivity index (χ2n) is 3.71. The minimum Gasteiger partial charge on any atom is -0.399 e. The Morgan fingerprint density at radius 1 is 1.27 bits per heavy atom. The second-order valence-corrected chi connectivity index (χ2v) is 3.71. The third-order valence-corrected chi connectivity index (χ3v) is 2.42. The van der Waals surface area contributed by atoms with Crippen molar-refractivity contribution in [1.82, 2.24) is 9.97 Å². The molecular weight excluding hydrogens is 188 g/mol.